The van der Waals surface area contributed by atoms with E-state index in [1.54, 1.807) is 48.5 Å². The van der Waals surface area contributed by atoms with Crippen LogP contribution in [0.3, 0.4) is 0 Å². The molecule has 0 aliphatic carbocycles. The van der Waals surface area contributed by atoms with Crippen molar-refractivity contribution in [1.82, 2.24) is 15.5 Å². The first kappa shape index (κ1) is 20.8. The average molecular weight is 437 g/mol. The molecule has 0 aliphatic rings. The number of carbonyl (C=O) groups excluding carboxylic acids is 1. The molecule has 1 amide bonds. The molecule has 0 bridgehead atoms. The number of anilines is 1. The number of carbonyl (C=O) groups is 1. The number of halogens is 1. The molecule has 3 aromatic rings. The Hall–Kier alpha value is -2.95. The highest BCUT2D eigenvalue weighted by molar-refractivity contribution is 7.92. The normalized spacial score (nSPS) is 12.4. The van der Waals surface area contributed by atoms with Crippen LogP contribution < -0.4 is 10.0 Å². The number of aliphatic hydroxyl groups is 1. The maximum absolute atomic E-state index is 12.3. The molecule has 0 radical (unpaired) electrons. The largest absolute Gasteiger partial charge is 0.418 e. The number of nitrogens with zero attached hydrogens (tertiary/aromatic N) is 2. The zero-order valence-electron chi connectivity index (χ0n) is 15.2. The second kappa shape index (κ2) is 8.60. The van der Waals surface area contributed by atoms with Crippen molar-refractivity contribution in [3.05, 3.63) is 65.0 Å². The molecular weight excluding hydrogens is 420 g/mol. The summed E-state index contributed by atoms with van der Waals surface area (Å²) in [5.74, 6) is -0.245. The summed E-state index contributed by atoms with van der Waals surface area (Å²) < 4.78 is 30.4. The van der Waals surface area contributed by atoms with Crippen molar-refractivity contribution in [1.29, 1.82) is 0 Å². The number of sulfonamides is 1. The number of rotatable bonds is 7. The minimum atomic E-state index is -3.38. The molecule has 3 rings (SSSR count). The van der Waals surface area contributed by atoms with Crippen molar-refractivity contribution in [3.8, 4) is 11.5 Å². The Kier molecular flexibility index (Phi) is 6.16. The van der Waals surface area contributed by atoms with Gasteiger partial charge in [0, 0.05) is 21.8 Å². The van der Waals surface area contributed by atoms with E-state index in [4.69, 9.17) is 16.0 Å². The summed E-state index contributed by atoms with van der Waals surface area (Å²) in [6.07, 6.45) is 1.05. The molecule has 1 heterocycles. The van der Waals surface area contributed by atoms with E-state index in [9.17, 15) is 18.3 Å². The summed E-state index contributed by atoms with van der Waals surface area (Å²) in [6, 6.07) is 11.7. The summed E-state index contributed by atoms with van der Waals surface area (Å²) in [5.41, 5.74) is 1.30. The van der Waals surface area contributed by atoms with Gasteiger partial charge in [0.05, 0.1) is 12.9 Å². The van der Waals surface area contributed by atoms with Crippen LogP contribution in [0, 0.1) is 0 Å². The lowest BCUT2D eigenvalue weighted by molar-refractivity contribution is 0.0905. The van der Waals surface area contributed by atoms with Crippen LogP contribution in [-0.2, 0) is 10.0 Å². The van der Waals surface area contributed by atoms with E-state index >= 15 is 0 Å². The van der Waals surface area contributed by atoms with Crippen LogP contribution in [0.2, 0.25) is 5.02 Å². The Morgan fingerprint density at radius 1 is 1.14 bits per heavy atom. The smallest absolute Gasteiger partial charge is 0.251 e. The van der Waals surface area contributed by atoms with Gasteiger partial charge in [-0.1, -0.05) is 11.6 Å². The Balaban J connectivity index is 1.73. The van der Waals surface area contributed by atoms with E-state index in [1.165, 1.54) is 0 Å². The SMILES string of the molecule is CS(=O)(=O)Nc1ccc(-c2nnc(C(CO)NC(=O)c3ccc(Cl)cc3)o2)cc1. The highest BCUT2D eigenvalue weighted by Crippen LogP contribution is 2.23. The lowest BCUT2D eigenvalue weighted by Gasteiger charge is -2.12. The third kappa shape index (κ3) is 5.53. The van der Waals surface area contributed by atoms with Gasteiger partial charge in [-0.3, -0.25) is 9.52 Å². The Morgan fingerprint density at radius 3 is 2.38 bits per heavy atom. The van der Waals surface area contributed by atoms with Gasteiger partial charge in [-0.25, -0.2) is 8.42 Å². The third-order valence-electron chi connectivity index (χ3n) is 3.77. The minimum Gasteiger partial charge on any atom is -0.418 e. The summed E-state index contributed by atoms with van der Waals surface area (Å²) in [4.78, 5) is 12.3. The van der Waals surface area contributed by atoms with Gasteiger partial charge in [0.25, 0.3) is 5.91 Å². The van der Waals surface area contributed by atoms with Crippen molar-refractivity contribution < 1.29 is 22.7 Å². The molecule has 11 heteroatoms. The quantitative estimate of drug-likeness (QED) is 0.516. The monoisotopic (exact) mass is 436 g/mol. The standard InChI is InChI=1S/C18H17ClN4O5S/c1-29(26,27)23-14-8-4-12(5-9-14)17-21-22-18(28-17)15(10-24)20-16(25)11-2-6-13(19)7-3-11/h2-9,15,23-24H,10H2,1H3,(H,20,25). The molecule has 0 saturated carbocycles. The zero-order valence-corrected chi connectivity index (χ0v) is 16.7. The van der Waals surface area contributed by atoms with Crippen LogP contribution in [-0.4, -0.2) is 42.5 Å². The van der Waals surface area contributed by atoms with Crippen LogP contribution in [0.4, 0.5) is 5.69 Å². The first-order valence-electron chi connectivity index (χ1n) is 8.34. The molecule has 2 aromatic carbocycles. The van der Waals surface area contributed by atoms with Gasteiger partial charge in [-0.15, -0.1) is 10.2 Å². The molecule has 9 nitrogen and oxygen atoms in total. The van der Waals surface area contributed by atoms with Crippen LogP contribution in [0.1, 0.15) is 22.3 Å². The number of hydrogen-bond acceptors (Lipinski definition) is 7. The van der Waals surface area contributed by atoms with Crippen LogP contribution in [0.15, 0.2) is 52.9 Å². The molecule has 3 N–H and O–H groups in total. The first-order chi connectivity index (χ1) is 13.7. The second-order valence-electron chi connectivity index (χ2n) is 6.11. The molecule has 1 atom stereocenters. The van der Waals surface area contributed by atoms with Crippen LogP contribution in [0.25, 0.3) is 11.5 Å². The molecule has 0 saturated heterocycles. The van der Waals surface area contributed by atoms with E-state index in [-0.39, 0.29) is 11.8 Å². The second-order valence-corrected chi connectivity index (χ2v) is 8.30. The highest BCUT2D eigenvalue weighted by atomic mass is 35.5. The topological polar surface area (TPSA) is 134 Å². The molecular formula is C18H17ClN4O5S. The maximum Gasteiger partial charge on any atom is 0.251 e. The Labute approximate surface area is 171 Å². The fourth-order valence-electron chi connectivity index (χ4n) is 2.42. The van der Waals surface area contributed by atoms with E-state index in [0.29, 0.717) is 21.8 Å². The van der Waals surface area contributed by atoms with Gasteiger partial charge >= 0.3 is 0 Å². The van der Waals surface area contributed by atoms with Gasteiger partial charge in [-0.2, -0.15) is 0 Å². The lowest BCUT2D eigenvalue weighted by Crippen LogP contribution is -2.31. The molecule has 0 fully saturated rings. The first-order valence-corrected chi connectivity index (χ1v) is 10.6. The van der Waals surface area contributed by atoms with Gasteiger partial charge in [0.15, 0.2) is 0 Å². The lowest BCUT2D eigenvalue weighted by atomic mass is 10.2. The van der Waals surface area contributed by atoms with Gasteiger partial charge in [0.1, 0.15) is 6.04 Å². The summed E-state index contributed by atoms with van der Waals surface area (Å²) in [6.45, 7) is -0.446. The third-order valence-corrected chi connectivity index (χ3v) is 4.63. The van der Waals surface area contributed by atoms with Crippen molar-refractivity contribution in [2.75, 3.05) is 17.6 Å². The Bertz CT molecular complexity index is 1100. The summed E-state index contributed by atoms with van der Waals surface area (Å²) in [5, 5.41) is 20.5. The van der Waals surface area contributed by atoms with Crippen molar-refractivity contribution in [2.24, 2.45) is 0 Å². The molecule has 1 aromatic heterocycles. The van der Waals surface area contributed by atoms with E-state index in [0.717, 1.165) is 6.26 Å². The van der Waals surface area contributed by atoms with E-state index < -0.39 is 28.6 Å². The zero-order chi connectivity index (χ0) is 21.0. The van der Waals surface area contributed by atoms with E-state index in [2.05, 4.69) is 20.2 Å². The molecule has 0 spiro atoms. The maximum atomic E-state index is 12.3. The van der Waals surface area contributed by atoms with Crippen LogP contribution >= 0.6 is 11.6 Å². The van der Waals surface area contributed by atoms with E-state index in [1.807, 2.05) is 0 Å². The predicted molar refractivity (Wildman–Crippen MR) is 107 cm³/mol. The fraction of sp³-hybridized carbons (Fsp3) is 0.167. The highest BCUT2D eigenvalue weighted by Gasteiger charge is 2.21. The fourth-order valence-corrected chi connectivity index (χ4v) is 3.11. The number of benzene rings is 2. The van der Waals surface area contributed by atoms with Crippen molar-refractivity contribution in [3.63, 3.8) is 0 Å². The summed E-state index contributed by atoms with van der Waals surface area (Å²) >= 11 is 5.81. The number of nitrogens with one attached hydrogen (secondary N) is 2. The number of hydrogen-bond donors (Lipinski definition) is 3. The molecule has 1 unspecified atom stereocenters. The molecule has 152 valence electrons. The van der Waals surface area contributed by atoms with Crippen molar-refractivity contribution in [2.45, 2.75) is 6.04 Å². The van der Waals surface area contributed by atoms with Crippen molar-refractivity contribution >= 4 is 33.2 Å². The average Bonchev–Trinajstić information content (AvgIpc) is 3.15. The molecule has 29 heavy (non-hydrogen) atoms. The molecule has 0 aliphatic heterocycles. The van der Waals surface area contributed by atoms with Crippen LogP contribution in [0.5, 0.6) is 0 Å². The predicted octanol–water partition coefficient (Wildman–Crippen LogP) is 2.22. The van der Waals surface area contributed by atoms with Gasteiger partial charge in [0.2, 0.25) is 21.8 Å². The van der Waals surface area contributed by atoms with Gasteiger partial charge in [-0.05, 0) is 48.5 Å². The minimum absolute atomic E-state index is 0.0307. The number of aliphatic hydroxyl groups excluding tert-OH is 1. The number of amides is 1. The Morgan fingerprint density at radius 2 is 1.79 bits per heavy atom. The summed E-state index contributed by atoms with van der Waals surface area (Å²) in [7, 11) is -3.38. The number of aromatic nitrogens is 2. The van der Waals surface area contributed by atoms with Gasteiger partial charge < -0.3 is 14.8 Å².